The third kappa shape index (κ3) is 2.66. The van der Waals surface area contributed by atoms with Gasteiger partial charge in [-0.25, -0.2) is 0 Å². The molecule has 0 aliphatic carbocycles. The van der Waals surface area contributed by atoms with Gasteiger partial charge in [-0.1, -0.05) is 6.92 Å². The minimum absolute atomic E-state index is 0.588. The Bertz CT molecular complexity index is 229. The van der Waals surface area contributed by atoms with Gasteiger partial charge in [0.25, 0.3) is 0 Å². The number of nitrogens with zero attached hydrogens (tertiary/aromatic N) is 2. The standard InChI is InChI=1S/C9H17N3/c1-4-8(2)10-5-9-6-11-12(3)7-9/h6-8,10H,4-5H2,1-3H3/t8-/m1/s1. The number of hydrogen-bond donors (Lipinski definition) is 1. The van der Waals surface area contributed by atoms with E-state index in [-0.39, 0.29) is 0 Å². The molecule has 68 valence electrons. The lowest BCUT2D eigenvalue weighted by Gasteiger charge is -2.08. The van der Waals surface area contributed by atoms with Crippen molar-refractivity contribution < 1.29 is 0 Å². The summed E-state index contributed by atoms with van der Waals surface area (Å²) in [6.07, 6.45) is 5.10. The summed E-state index contributed by atoms with van der Waals surface area (Å²) in [7, 11) is 1.94. The Kier molecular flexibility index (Phi) is 3.29. The Labute approximate surface area is 73.8 Å². The van der Waals surface area contributed by atoms with Gasteiger partial charge in [0.1, 0.15) is 0 Å². The molecule has 3 heteroatoms. The first-order valence-corrected chi connectivity index (χ1v) is 4.43. The largest absolute Gasteiger partial charge is 0.310 e. The van der Waals surface area contributed by atoms with Crippen LogP contribution in [-0.4, -0.2) is 15.8 Å². The normalized spacial score (nSPS) is 13.2. The number of rotatable bonds is 4. The van der Waals surface area contributed by atoms with E-state index in [2.05, 4.69) is 24.3 Å². The van der Waals surface area contributed by atoms with E-state index in [4.69, 9.17) is 0 Å². The first kappa shape index (κ1) is 9.26. The van der Waals surface area contributed by atoms with Gasteiger partial charge in [0.05, 0.1) is 6.20 Å². The van der Waals surface area contributed by atoms with Gasteiger partial charge >= 0.3 is 0 Å². The molecule has 0 bridgehead atoms. The molecule has 0 saturated heterocycles. The smallest absolute Gasteiger partial charge is 0.0534 e. The second kappa shape index (κ2) is 4.26. The Hall–Kier alpha value is -0.830. The fourth-order valence-corrected chi connectivity index (χ4v) is 1.000. The zero-order valence-electron chi connectivity index (χ0n) is 8.04. The first-order chi connectivity index (χ1) is 5.72. The van der Waals surface area contributed by atoms with Crippen molar-refractivity contribution >= 4 is 0 Å². The topological polar surface area (TPSA) is 29.9 Å². The molecule has 0 unspecified atom stereocenters. The molecule has 1 heterocycles. The van der Waals surface area contributed by atoms with Crippen molar-refractivity contribution in [3.8, 4) is 0 Å². The van der Waals surface area contributed by atoms with Crippen LogP contribution >= 0.6 is 0 Å². The molecule has 3 nitrogen and oxygen atoms in total. The zero-order valence-corrected chi connectivity index (χ0v) is 8.04. The molecule has 1 aromatic heterocycles. The molecule has 12 heavy (non-hydrogen) atoms. The summed E-state index contributed by atoms with van der Waals surface area (Å²) < 4.78 is 1.83. The minimum Gasteiger partial charge on any atom is -0.310 e. The molecule has 0 saturated carbocycles. The Balaban J connectivity index is 2.33. The van der Waals surface area contributed by atoms with Gasteiger partial charge in [-0.15, -0.1) is 0 Å². The predicted molar refractivity (Wildman–Crippen MR) is 49.8 cm³/mol. The van der Waals surface area contributed by atoms with Gasteiger partial charge in [-0.3, -0.25) is 4.68 Å². The van der Waals surface area contributed by atoms with Crippen molar-refractivity contribution in [3.63, 3.8) is 0 Å². The van der Waals surface area contributed by atoms with Crippen LogP contribution in [0.2, 0.25) is 0 Å². The maximum atomic E-state index is 4.10. The van der Waals surface area contributed by atoms with Crippen molar-refractivity contribution in [1.82, 2.24) is 15.1 Å². The Morgan fingerprint density at radius 2 is 2.42 bits per heavy atom. The highest BCUT2D eigenvalue weighted by Gasteiger charge is 1.98. The molecule has 0 aliphatic heterocycles. The van der Waals surface area contributed by atoms with Crippen LogP contribution in [0.1, 0.15) is 25.8 Å². The fraction of sp³-hybridized carbons (Fsp3) is 0.667. The fourth-order valence-electron chi connectivity index (χ4n) is 1.000. The highest BCUT2D eigenvalue weighted by atomic mass is 15.2. The van der Waals surface area contributed by atoms with Crippen LogP contribution in [0.4, 0.5) is 0 Å². The van der Waals surface area contributed by atoms with Crippen LogP contribution in [0.3, 0.4) is 0 Å². The average Bonchev–Trinajstić information content (AvgIpc) is 2.47. The highest BCUT2D eigenvalue weighted by molar-refractivity contribution is 5.02. The zero-order chi connectivity index (χ0) is 8.97. The maximum Gasteiger partial charge on any atom is 0.0534 e. The van der Waals surface area contributed by atoms with Crippen LogP contribution in [0, 0.1) is 0 Å². The third-order valence-electron chi connectivity index (χ3n) is 2.03. The molecule has 0 amide bonds. The number of aromatic nitrogens is 2. The van der Waals surface area contributed by atoms with E-state index in [1.54, 1.807) is 0 Å². The van der Waals surface area contributed by atoms with E-state index < -0.39 is 0 Å². The minimum atomic E-state index is 0.588. The SMILES string of the molecule is CC[C@@H](C)NCc1cnn(C)c1. The van der Waals surface area contributed by atoms with E-state index in [0.29, 0.717) is 6.04 Å². The summed E-state index contributed by atoms with van der Waals surface area (Å²) in [5, 5.41) is 7.51. The Morgan fingerprint density at radius 3 is 2.92 bits per heavy atom. The third-order valence-corrected chi connectivity index (χ3v) is 2.03. The van der Waals surface area contributed by atoms with Gasteiger partial charge < -0.3 is 5.32 Å². The molecular weight excluding hydrogens is 150 g/mol. The van der Waals surface area contributed by atoms with E-state index in [1.165, 1.54) is 12.0 Å². The summed E-state index contributed by atoms with van der Waals surface area (Å²) in [6.45, 7) is 5.29. The lowest BCUT2D eigenvalue weighted by molar-refractivity contribution is 0.534. The van der Waals surface area contributed by atoms with Crippen LogP contribution in [0.5, 0.6) is 0 Å². The number of hydrogen-bond acceptors (Lipinski definition) is 2. The van der Waals surface area contributed by atoms with Gasteiger partial charge in [0.15, 0.2) is 0 Å². The van der Waals surface area contributed by atoms with Crippen molar-refractivity contribution in [1.29, 1.82) is 0 Å². The molecule has 0 radical (unpaired) electrons. The summed E-state index contributed by atoms with van der Waals surface area (Å²) in [5.41, 5.74) is 1.25. The van der Waals surface area contributed by atoms with Crippen LogP contribution < -0.4 is 5.32 Å². The quantitative estimate of drug-likeness (QED) is 0.732. The van der Waals surface area contributed by atoms with Gasteiger partial charge in [-0.05, 0) is 13.3 Å². The van der Waals surface area contributed by atoms with Crippen LogP contribution in [0.25, 0.3) is 0 Å². The van der Waals surface area contributed by atoms with E-state index in [9.17, 15) is 0 Å². The summed E-state index contributed by atoms with van der Waals surface area (Å²) in [6, 6.07) is 0.588. The van der Waals surface area contributed by atoms with E-state index in [0.717, 1.165) is 6.54 Å². The molecular formula is C9H17N3. The number of aryl methyl sites for hydroxylation is 1. The molecule has 0 spiro atoms. The molecule has 1 rings (SSSR count). The first-order valence-electron chi connectivity index (χ1n) is 4.43. The van der Waals surface area contributed by atoms with Gasteiger partial charge in [0, 0.05) is 31.4 Å². The molecule has 1 aromatic rings. The monoisotopic (exact) mass is 167 g/mol. The van der Waals surface area contributed by atoms with Crippen molar-refractivity contribution in [2.45, 2.75) is 32.9 Å². The molecule has 1 N–H and O–H groups in total. The van der Waals surface area contributed by atoms with Crippen molar-refractivity contribution in [2.75, 3.05) is 0 Å². The number of nitrogens with one attached hydrogen (secondary N) is 1. The maximum absolute atomic E-state index is 4.10. The summed E-state index contributed by atoms with van der Waals surface area (Å²) >= 11 is 0. The highest BCUT2D eigenvalue weighted by Crippen LogP contribution is 1.97. The Morgan fingerprint density at radius 1 is 1.67 bits per heavy atom. The molecule has 0 aromatic carbocycles. The molecule has 1 atom stereocenters. The van der Waals surface area contributed by atoms with Crippen LogP contribution in [-0.2, 0) is 13.6 Å². The summed E-state index contributed by atoms with van der Waals surface area (Å²) in [4.78, 5) is 0. The average molecular weight is 167 g/mol. The molecule has 0 fully saturated rings. The second-order valence-electron chi connectivity index (χ2n) is 3.21. The van der Waals surface area contributed by atoms with E-state index >= 15 is 0 Å². The van der Waals surface area contributed by atoms with Gasteiger partial charge in [-0.2, -0.15) is 5.10 Å². The predicted octanol–water partition coefficient (Wildman–Crippen LogP) is 1.31. The second-order valence-corrected chi connectivity index (χ2v) is 3.21. The van der Waals surface area contributed by atoms with Crippen molar-refractivity contribution in [2.24, 2.45) is 7.05 Å². The summed E-state index contributed by atoms with van der Waals surface area (Å²) in [5.74, 6) is 0. The van der Waals surface area contributed by atoms with Crippen molar-refractivity contribution in [3.05, 3.63) is 18.0 Å². The molecule has 0 aliphatic rings. The lowest BCUT2D eigenvalue weighted by Crippen LogP contribution is -2.24. The lowest BCUT2D eigenvalue weighted by atomic mass is 10.2. The van der Waals surface area contributed by atoms with Gasteiger partial charge in [0.2, 0.25) is 0 Å². The van der Waals surface area contributed by atoms with Crippen LogP contribution in [0.15, 0.2) is 12.4 Å². The van der Waals surface area contributed by atoms with E-state index in [1.807, 2.05) is 24.1 Å².